The molecule has 2 N–H and O–H groups in total. The van der Waals surface area contributed by atoms with Crippen molar-refractivity contribution >= 4 is 45.9 Å². The van der Waals surface area contributed by atoms with Gasteiger partial charge in [0, 0.05) is 79.4 Å². The fraction of sp³-hybridized carbons (Fsp3) is 0.545. The van der Waals surface area contributed by atoms with Crippen LogP contribution in [0, 0.1) is 17.3 Å². The van der Waals surface area contributed by atoms with Crippen molar-refractivity contribution in [3.05, 3.63) is 58.2 Å². The number of methoxy groups -OCH3 is 1. The molecular formula is C44H57N7O7S. The summed E-state index contributed by atoms with van der Waals surface area (Å²) in [5.74, 6) is -2.98. The van der Waals surface area contributed by atoms with E-state index in [-0.39, 0.29) is 31.1 Å². The number of piperidine rings is 1. The minimum Gasteiger partial charge on any atom is -0.464 e. The predicted molar refractivity (Wildman–Crippen MR) is 225 cm³/mol. The number of ether oxygens (including phenoxy) is 3. The second-order valence-corrected chi connectivity index (χ2v) is 17.7. The van der Waals surface area contributed by atoms with Crippen molar-refractivity contribution in [2.75, 3.05) is 40.5 Å². The van der Waals surface area contributed by atoms with Gasteiger partial charge in [-0.3, -0.25) is 29.2 Å². The summed E-state index contributed by atoms with van der Waals surface area (Å²) in [5, 5.41) is 7.83. The van der Waals surface area contributed by atoms with Gasteiger partial charge in [0.2, 0.25) is 11.8 Å². The fourth-order valence-electron chi connectivity index (χ4n) is 8.71. The molecule has 3 aromatic heterocycles. The molecule has 3 aliphatic heterocycles. The number of cyclic esters (lactones) is 1. The summed E-state index contributed by atoms with van der Waals surface area (Å²) in [6, 6.07) is 8.32. The Morgan fingerprint density at radius 3 is 2.68 bits per heavy atom. The Kier molecular flexibility index (Phi) is 12.6. The molecule has 0 spiro atoms. The van der Waals surface area contributed by atoms with Crippen LogP contribution in [0.25, 0.3) is 33.4 Å². The molecule has 3 amide bonds. The zero-order chi connectivity index (χ0) is 42.2. The SMILES string of the molecule is CCO[C@@H]1c2nc(cs2)-c2ccc3c(c2)c(c(-c2cccnc2[C@H](C)OC)n3CC)CC(C)(C)COC(=O)[C@@H]2CCCN(N2)C(=O)[C@H]1NC(=O)[C@H]1C(=O)N(C)CC[C@H]1C. The first-order valence-electron chi connectivity index (χ1n) is 20.8. The van der Waals surface area contributed by atoms with Gasteiger partial charge in [0.15, 0.2) is 0 Å². The monoisotopic (exact) mass is 827 g/mol. The van der Waals surface area contributed by atoms with Crippen molar-refractivity contribution in [1.29, 1.82) is 0 Å². The lowest BCUT2D eigenvalue weighted by molar-refractivity contribution is -0.158. The van der Waals surface area contributed by atoms with E-state index in [1.807, 2.05) is 32.2 Å². The quantitative estimate of drug-likeness (QED) is 0.163. The lowest BCUT2D eigenvalue weighted by Gasteiger charge is -2.38. The lowest BCUT2D eigenvalue weighted by atomic mass is 9.84. The second-order valence-electron chi connectivity index (χ2n) is 16.8. The molecule has 316 valence electrons. The van der Waals surface area contributed by atoms with Gasteiger partial charge in [-0.1, -0.05) is 26.8 Å². The van der Waals surface area contributed by atoms with Crippen LogP contribution in [0.5, 0.6) is 0 Å². The molecule has 0 unspecified atom stereocenters. The van der Waals surface area contributed by atoms with E-state index in [0.29, 0.717) is 56.0 Å². The highest BCUT2D eigenvalue weighted by Crippen LogP contribution is 2.42. The maximum Gasteiger partial charge on any atom is 0.324 e. The summed E-state index contributed by atoms with van der Waals surface area (Å²) in [7, 11) is 3.37. The van der Waals surface area contributed by atoms with Crippen LogP contribution in [0.4, 0.5) is 0 Å². The van der Waals surface area contributed by atoms with Crippen molar-refractivity contribution in [1.82, 2.24) is 35.2 Å². The smallest absolute Gasteiger partial charge is 0.324 e. The van der Waals surface area contributed by atoms with E-state index in [1.165, 1.54) is 16.3 Å². The van der Waals surface area contributed by atoms with Crippen LogP contribution < -0.4 is 10.7 Å². The normalized spacial score (nSPS) is 24.5. The molecule has 0 radical (unpaired) electrons. The third kappa shape index (κ3) is 8.39. The Hall–Kier alpha value is -4.70. The summed E-state index contributed by atoms with van der Waals surface area (Å²) in [5.41, 5.74) is 9.17. The van der Waals surface area contributed by atoms with E-state index in [0.717, 1.165) is 39.0 Å². The van der Waals surface area contributed by atoms with Gasteiger partial charge in [-0.05, 0) is 82.2 Å². The average molecular weight is 828 g/mol. The molecule has 6 bridgehead atoms. The van der Waals surface area contributed by atoms with Crippen LogP contribution in [0.3, 0.4) is 0 Å². The second kappa shape index (κ2) is 17.5. The van der Waals surface area contributed by atoms with Gasteiger partial charge in [0.25, 0.3) is 5.91 Å². The number of nitrogens with one attached hydrogen (secondary N) is 2. The van der Waals surface area contributed by atoms with E-state index < -0.39 is 47.3 Å². The third-order valence-corrected chi connectivity index (χ3v) is 12.9. The Morgan fingerprint density at radius 1 is 1.14 bits per heavy atom. The Bertz CT molecular complexity index is 2220. The summed E-state index contributed by atoms with van der Waals surface area (Å²) in [4.78, 5) is 67.5. The van der Waals surface area contributed by atoms with E-state index >= 15 is 0 Å². The number of aryl methyl sites for hydroxylation is 1. The average Bonchev–Trinajstić information content (AvgIpc) is 3.84. The predicted octanol–water partition coefficient (Wildman–Crippen LogP) is 5.85. The lowest BCUT2D eigenvalue weighted by Crippen LogP contribution is -2.62. The van der Waals surface area contributed by atoms with Crippen LogP contribution in [0.2, 0.25) is 0 Å². The molecular weight excluding hydrogens is 771 g/mol. The van der Waals surface area contributed by atoms with Crippen molar-refractivity contribution in [2.24, 2.45) is 17.3 Å². The highest BCUT2D eigenvalue weighted by Gasteiger charge is 2.44. The number of carbonyl (C=O) groups excluding carboxylic acids is 4. The number of pyridine rings is 1. The van der Waals surface area contributed by atoms with Gasteiger partial charge in [0.05, 0.1) is 29.8 Å². The van der Waals surface area contributed by atoms with Crippen LogP contribution >= 0.6 is 11.3 Å². The van der Waals surface area contributed by atoms with Crippen molar-refractivity contribution in [2.45, 2.75) is 98.1 Å². The largest absolute Gasteiger partial charge is 0.464 e. The highest BCUT2D eigenvalue weighted by molar-refractivity contribution is 7.10. The van der Waals surface area contributed by atoms with Crippen molar-refractivity contribution in [3.63, 3.8) is 0 Å². The molecule has 1 aromatic carbocycles. The van der Waals surface area contributed by atoms with E-state index in [1.54, 1.807) is 25.3 Å². The number of hydrogen-bond acceptors (Lipinski definition) is 11. The Labute approximate surface area is 350 Å². The number of esters is 1. The maximum absolute atomic E-state index is 14.7. The number of carbonyl (C=O) groups is 4. The Morgan fingerprint density at radius 2 is 1.93 bits per heavy atom. The van der Waals surface area contributed by atoms with Gasteiger partial charge in [-0.2, -0.15) is 0 Å². The summed E-state index contributed by atoms with van der Waals surface area (Å²) in [6.07, 6.45) is 2.77. The first-order chi connectivity index (χ1) is 28.3. The number of amides is 3. The zero-order valence-corrected chi connectivity index (χ0v) is 36.2. The molecule has 2 saturated heterocycles. The number of thiazole rings is 1. The number of benzene rings is 1. The number of nitrogens with zero attached hydrogens (tertiary/aromatic N) is 5. The minimum atomic E-state index is -1.26. The molecule has 3 aliphatic rings. The van der Waals surface area contributed by atoms with E-state index in [9.17, 15) is 19.2 Å². The standard InChI is InChI=1S/C44H57N7O7S/c1-9-50-33-16-15-27-21-29(33)30(37(50)28-13-11-18-45-35(28)26(4)56-8)22-44(5,6)24-58-43(55)31-14-12-19-51(48-31)42(54)36(38(57-10-2)40-46-32(27)23-59-40)47-39(52)34-25(3)17-20-49(7)41(34)53/h11,13,15-16,18,21,23,25-26,31,34,36,38,48H,9-10,12,14,17,19-20,22,24H2,1-8H3,(H,47,52)/t25-,26+,31+,34+,36+,38+/m1/s1. The van der Waals surface area contributed by atoms with Crippen molar-refractivity contribution in [3.8, 4) is 22.5 Å². The summed E-state index contributed by atoms with van der Waals surface area (Å²) < 4.78 is 20.5. The van der Waals surface area contributed by atoms with Crippen molar-refractivity contribution < 1.29 is 33.4 Å². The minimum absolute atomic E-state index is 0.132. The highest BCUT2D eigenvalue weighted by atomic mass is 32.1. The summed E-state index contributed by atoms with van der Waals surface area (Å²) >= 11 is 1.35. The fourth-order valence-corrected chi connectivity index (χ4v) is 9.62. The number of fused-ring (bicyclic) bond motifs is 6. The maximum atomic E-state index is 14.7. The molecule has 15 heteroatoms. The van der Waals surface area contributed by atoms with Crippen LogP contribution in [0.15, 0.2) is 41.9 Å². The Balaban J connectivity index is 1.39. The molecule has 0 aliphatic carbocycles. The van der Waals surface area contributed by atoms with E-state index in [2.05, 4.69) is 60.3 Å². The first kappa shape index (κ1) is 42.4. The van der Waals surface area contributed by atoms with Crippen LogP contribution in [-0.4, -0.2) is 101 Å². The summed E-state index contributed by atoms with van der Waals surface area (Å²) in [6.45, 7) is 13.9. The number of rotatable bonds is 8. The van der Waals surface area contributed by atoms with Gasteiger partial charge >= 0.3 is 5.97 Å². The van der Waals surface area contributed by atoms with Gasteiger partial charge in [-0.25, -0.2) is 10.4 Å². The van der Waals surface area contributed by atoms with Crippen LogP contribution in [-0.2, 0) is 46.4 Å². The molecule has 6 heterocycles. The number of aromatic nitrogens is 3. The van der Waals surface area contributed by atoms with E-state index in [4.69, 9.17) is 24.2 Å². The topological polar surface area (TPSA) is 157 Å². The molecule has 7 rings (SSSR count). The molecule has 2 fully saturated rings. The number of likely N-dealkylation sites (tertiary alicyclic amines) is 1. The number of hydrogen-bond donors (Lipinski definition) is 2. The van der Waals surface area contributed by atoms with Crippen LogP contribution in [0.1, 0.15) is 89.3 Å². The molecule has 14 nitrogen and oxygen atoms in total. The van der Waals surface area contributed by atoms with Gasteiger partial charge < -0.3 is 29.0 Å². The zero-order valence-electron chi connectivity index (χ0n) is 35.4. The van der Waals surface area contributed by atoms with Gasteiger partial charge in [0.1, 0.15) is 29.1 Å². The molecule has 59 heavy (non-hydrogen) atoms. The first-order valence-corrected chi connectivity index (χ1v) is 21.6. The molecule has 0 saturated carbocycles. The van der Waals surface area contributed by atoms with Gasteiger partial charge in [-0.15, -0.1) is 11.3 Å². The number of hydrazine groups is 1. The molecule has 4 aromatic rings. The molecule has 6 atom stereocenters. The third-order valence-electron chi connectivity index (χ3n) is 12.0.